The summed E-state index contributed by atoms with van der Waals surface area (Å²) in [6.45, 7) is 5.51. The van der Waals surface area contributed by atoms with Gasteiger partial charge in [0.1, 0.15) is 18.4 Å². The fourth-order valence-corrected chi connectivity index (χ4v) is 5.09. The molecule has 0 spiro atoms. The van der Waals surface area contributed by atoms with Crippen molar-refractivity contribution >= 4 is 23.4 Å². The van der Waals surface area contributed by atoms with Crippen LogP contribution in [0.3, 0.4) is 0 Å². The van der Waals surface area contributed by atoms with Crippen molar-refractivity contribution in [1.29, 1.82) is 0 Å². The van der Waals surface area contributed by atoms with Crippen LogP contribution < -0.4 is 4.74 Å². The first-order valence-electron chi connectivity index (χ1n) is 12.4. The van der Waals surface area contributed by atoms with E-state index in [4.69, 9.17) is 16.3 Å². The number of likely N-dealkylation sites (tertiary alicyclic amines) is 1. The van der Waals surface area contributed by atoms with E-state index >= 15 is 0 Å². The average Bonchev–Trinajstić information content (AvgIpc) is 3.37. The Morgan fingerprint density at radius 2 is 1.94 bits per heavy atom. The summed E-state index contributed by atoms with van der Waals surface area (Å²) in [5.74, 6) is 0.942. The number of carbonyl (C=O) groups is 2. The standard InChI is InChI=1S/C25H35ClN6O3/c1-29-11-13-30(14-12-29)24(34)16-25(18-35-22-6-2-5-21(26)15-22)8-4-9-31(17-25)23(33)7-3-10-32-20-27-19-28-32/h2,5-6,15,19-20H,3-4,7-14,16-18H2,1H3. The van der Waals surface area contributed by atoms with E-state index in [1.54, 1.807) is 23.1 Å². The average molecular weight is 503 g/mol. The Morgan fingerprint density at radius 3 is 2.69 bits per heavy atom. The lowest BCUT2D eigenvalue weighted by molar-refractivity contribution is -0.142. The van der Waals surface area contributed by atoms with E-state index in [1.807, 2.05) is 21.9 Å². The molecule has 1 unspecified atom stereocenters. The second-order valence-corrected chi connectivity index (χ2v) is 10.2. The largest absolute Gasteiger partial charge is 0.493 e. The van der Waals surface area contributed by atoms with E-state index < -0.39 is 5.41 Å². The molecule has 1 aromatic carbocycles. The Labute approximate surface area is 212 Å². The highest BCUT2D eigenvalue weighted by atomic mass is 35.5. The summed E-state index contributed by atoms with van der Waals surface area (Å²) in [6.07, 6.45) is 6.37. The Morgan fingerprint density at radius 1 is 1.11 bits per heavy atom. The van der Waals surface area contributed by atoms with Gasteiger partial charge in [-0.3, -0.25) is 14.3 Å². The van der Waals surface area contributed by atoms with E-state index in [2.05, 4.69) is 22.0 Å². The van der Waals surface area contributed by atoms with Crippen LogP contribution in [-0.2, 0) is 16.1 Å². The lowest BCUT2D eigenvalue weighted by Crippen LogP contribution is -2.53. The van der Waals surface area contributed by atoms with Crippen molar-refractivity contribution in [1.82, 2.24) is 29.5 Å². The van der Waals surface area contributed by atoms with Crippen molar-refractivity contribution in [3.05, 3.63) is 41.9 Å². The monoisotopic (exact) mass is 502 g/mol. The fourth-order valence-electron chi connectivity index (χ4n) is 4.91. The topological polar surface area (TPSA) is 83.8 Å². The second-order valence-electron chi connectivity index (χ2n) is 9.79. The molecule has 1 atom stereocenters. The zero-order chi connectivity index (χ0) is 24.7. The molecule has 190 valence electrons. The molecular formula is C25H35ClN6O3. The normalized spacial score (nSPS) is 21.2. The van der Waals surface area contributed by atoms with Gasteiger partial charge in [-0.2, -0.15) is 5.10 Å². The zero-order valence-electron chi connectivity index (χ0n) is 20.4. The molecule has 4 rings (SSSR count). The molecule has 2 saturated heterocycles. The van der Waals surface area contributed by atoms with Crippen LogP contribution in [0.5, 0.6) is 5.75 Å². The van der Waals surface area contributed by atoms with Gasteiger partial charge in [0.05, 0.1) is 6.61 Å². The molecule has 9 nitrogen and oxygen atoms in total. The number of piperidine rings is 1. The molecule has 2 fully saturated rings. The predicted octanol–water partition coefficient (Wildman–Crippen LogP) is 2.56. The van der Waals surface area contributed by atoms with Gasteiger partial charge in [-0.1, -0.05) is 17.7 Å². The van der Waals surface area contributed by atoms with Gasteiger partial charge in [-0.25, -0.2) is 4.98 Å². The van der Waals surface area contributed by atoms with Gasteiger partial charge in [-0.05, 0) is 44.5 Å². The van der Waals surface area contributed by atoms with Gasteiger partial charge < -0.3 is 19.4 Å². The van der Waals surface area contributed by atoms with Crippen molar-refractivity contribution in [2.45, 2.75) is 38.6 Å². The van der Waals surface area contributed by atoms with Crippen molar-refractivity contribution in [2.75, 3.05) is 52.9 Å². The number of halogens is 1. The molecule has 10 heteroatoms. The van der Waals surface area contributed by atoms with Crippen LogP contribution >= 0.6 is 11.6 Å². The highest BCUT2D eigenvalue weighted by Gasteiger charge is 2.41. The van der Waals surface area contributed by atoms with E-state index in [0.29, 0.717) is 56.3 Å². The molecule has 2 amide bonds. The molecule has 2 aromatic rings. The quantitative estimate of drug-likeness (QED) is 0.524. The van der Waals surface area contributed by atoms with E-state index in [-0.39, 0.29) is 11.8 Å². The molecule has 0 saturated carbocycles. The molecule has 0 N–H and O–H groups in total. The second kappa shape index (κ2) is 11.9. The number of ether oxygens (including phenoxy) is 1. The zero-order valence-corrected chi connectivity index (χ0v) is 21.2. The lowest BCUT2D eigenvalue weighted by atomic mass is 9.77. The number of piperazine rings is 1. The first-order chi connectivity index (χ1) is 16.9. The lowest BCUT2D eigenvalue weighted by Gasteiger charge is -2.43. The SMILES string of the molecule is CN1CCN(C(=O)CC2(COc3cccc(Cl)c3)CCCN(C(=O)CCCn3cncn3)C2)CC1. The van der Waals surface area contributed by atoms with Crippen LogP contribution in [-0.4, -0.2) is 94.2 Å². The fraction of sp³-hybridized carbons (Fsp3) is 0.600. The molecule has 1 aromatic heterocycles. The smallest absolute Gasteiger partial charge is 0.223 e. The molecule has 3 heterocycles. The molecule has 0 bridgehead atoms. The summed E-state index contributed by atoms with van der Waals surface area (Å²) >= 11 is 6.14. The van der Waals surface area contributed by atoms with Crippen molar-refractivity contribution in [2.24, 2.45) is 5.41 Å². The van der Waals surface area contributed by atoms with Crippen molar-refractivity contribution < 1.29 is 14.3 Å². The van der Waals surface area contributed by atoms with Crippen LogP contribution in [0.2, 0.25) is 5.02 Å². The molecule has 0 radical (unpaired) electrons. The van der Waals surface area contributed by atoms with Crippen molar-refractivity contribution in [3.63, 3.8) is 0 Å². The maximum atomic E-state index is 13.3. The Bertz CT molecular complexity index is 979. The van der Waals surface area contributed by atoms with Crippen LogP contribution in [0.25, 0.3) is 0 Å². The van der Waals surface area contributed by atoms with Crippen LogP contribution in [0.1, 0.15) is 32.1 Å². The van der Waals surface area contributed by atoms with E-state index in [9.17, 15) is 9.59 Å². The molecular weight excluding hydrogens is 468 g/mol. The summed E-state index contributed by atoms with van der Waals surface area (Å²) in [4.78, 5) is 36.5. The number of benzene rings is 1. The number of amides is 2. The van der Waals surface area contributed by atoms with E-state index in [0.717, 1.165) is 39.0 Å². The number of aromatic nitrogens is 3. The highest BCUT2D eigenvalue weighted by Crippen LogP contribution is 2.36. The number of hydrogen-bond acceptors (Lipinski definition) is 6. The molecule has 2 aliphatic heterocycles. The number of carbonyl (C=O) groups excluding carboxylic acids is 2. The molecule has 35 heavy (non-hydrogen) atoms. The number of nitrogens with zero attached hydrogens (tertiary/aromatic N) is 6. The minimum atomic E-state index is -0.428. The summed E-state index contributed by atoms with van der Waals surface area (Å²) < 4.78 is 7.91. The summed E-state index contributed by atoms with van der Waals surface area (Å²) in [5.41, 5.74) is -0.428. The highest BCUT2D eigenvalue weighted by molar-refractivity contribution is 6.30. The first-order valence-corrected chi connectivity index (χ1v) is 12.8. The van der Waals surface area contributed by atoms with Crippen LogP contribution in [0, 0.1) is 5.41 Å². The minimum Gasteiger partial charge on any atom is -0.493 e. The Balaban J connectivity index is 1.41. The molecule has 2 aliphatic rings. The van der Waals surface area contributed by atoms with Gasteiger partial charge in [0.15, 0.2) is 0 Å². The van der Waals surface area contributed by atoms with Gasteiger partial charge >= 0.3 is 0 Å². The van der Waals surface area contributed by atoms with Crippen LogP contribution in [0.15, 0.2) is 36.9 Å². The minimum absolute atomic E-state index is 0.115. The van der Waals surface area contributed by atoms with Gasteiger partial charge in [0.25, 0.3) is 0 Å². The van der Waals surface area contributed by atoms with E-state index in [1.165, 1.54) is 6.33 Å². The van der Waals surface area contributed by atoms with Gasteiger partial charge in [0, 0.05) is 69.1 Å². The number of aryl methyl sites for hydroxylation is 1. The third kappa shape index (κ3) is 7.18. The third-order valence-corrected chi connectivity index (χ3v) is 7.22. The van der Waals surface area contributed by atoms with Gasteiger partial charge in [-0.15, -0.1) is 0 Å². The number of hydrogen-bond donors (Lipinski definition) is 0. The van der Waals surface area contributed by atoms with Gasteiger partial charge in [0.2, 0.25) is 11.8 Å². The number of likely N-dealkylation sites (N-methyl/N-ethyl adjacent to an activating group) is 1. The first kappa shape index (κ1) is 25.4. The number of rotatable bonds is 9. The maximum Gasteiger partial charge on any atom is 0.223 e. The maximum absolute atomic E-state index is 13.3. The van der Waals surface area contributed by atoms with Crippen molar-refractivity contribution in [3.8, 4) is 5.75 Å². The third-order valence-electron chi connectivity index (χ3n) is 6.98. The predicted molar refractivity (Wildman–Crippen MR) is 133 cm³/mol. The molecule has 0 aliphatic carbocycles. The Kier molecular flexibility index (Phi) is 8.62. The summed E-state index contributed by atoms with van der Waals surface area (Å²) in [5, 5.41) is 4.71. The summed E-state index contributed by atoms with van der Waals surface area (Å²) in [6, 6.07) is 7.32. The van der Waals surface area contributed by atoms with Crippen LogP contribution in [0.4, 0.5) is 0 Å². The Hall–Kier alpha value is -2.65. The summed E-state index contributed by atoms with van der Waals surface area (Å²) in [7, 11) is 2.08.